The Morgan fingerprint density at radius 3 is 2.65 bits per heavy atom. The zero-order valence-corrected chi connectivity index (χ0v) is 13.7. The standard InChI is InChI=1S/C18H19N3OS/c22-10-13-6-8-21(9-7-13)17-16-15(14-4-2-1-3-5-14)11-23-18(16)20-12-19-17/h1-5,11-13,22H,6-10H2. The molecule has 0 amide bonds. The zero-order valence-electron chi connectivity index (χ0n) is 12.9. The van der Waals surface area contributed by atoms with Gasteiger partial charge in [0.15, 0.2) is 0 Å². The quantitative estimate of drug-likeness (QED) is 0.800. The Hall–Kier alpha value is -1.98. The lowest BCUT2D eigenvalue weighted by Crippen LogP contribution is -2.35. The molecule has 1 N–H and O–H groups in total. The van der Waals surface area contributed by atoms with Crippen molar-refractivity contribution in [3.8, 4) is 11.1 Å². The molecule has 0 radical (unpaired) electrons. The summed E-state index contributed by atoms with van der Waals surface area (Å²) in [5, 5.41) is 12.7. The number of aromatic nitrogens is 2. The second-order valence-corrected chi connectivity index (χ2v) is 6.86. The smallest absolute Gasteiger partial charge is 0.141 e. The maximum Gasteiger partial charge on any atom is 0.141 e. The van der Waals surface area contributed by atoms with Crippen LogP contribution in [-0.4, -0.2) is 34.8 Å². The Labute approximate surface area is 139 Å². The molecule has 3 aromatic rings. The van der Waals surface area contributed by atoms with Crippen molar-refractivity contribution < 1.29 is 5.11 Å². The van der Waals surface area contributed by atoms with Crippen LogP contribution in [0.15, 0.2) is 42.0 Å². The van der Waals surface area contributed by atoms with Crippen molar-refractivity contribution in [2.75, 3.05) is 24.6 Å². The van der Waals surface area contributed by atoms with Crippen LogP contribution < -0.4 is 4.90 Å². The third kappa shape index (κ3) is 2.71. The van der Waals surface area contributed by atoms with Gasteiger partial charge in [0.25, 0.3) is 0 Å². The molecule has 1 aliphatic rings. The lowest BCUT2D eigenvalue weighted by atomic mass is 9.97. The predicted octanol–water partition coefficient (Wildman–Crippen LogP) is 3.57. The number of hydrogen-bond acceptors (Lipinski definition) is 5. The molecular weight excluding hydrogens is 306 g/mol. The van der Waals surface area contributed by atoms with Gasteiger partial charge in [-0.05, 0) is 24.3 Å². The number of benzene rings is 1. The van der Waals surface area contributed by atoms with Gasteiger partial charge < -0.3 is 10.0 Å². The summed E-state index contributed by atoms with van der Waals surface area (Å²) in [7, 11) is 0. The van der Waals surface area contributed by atoms with Crippen molar-refractivity contribution in [3.05, 3.63) is 42.0 Å². The van der Waals surface area contributed by atoms with E-state index in [9.17, 15) is 5.11 Å². The molecule has 4 rings (SSSR count). The van der Waals surface area contributed by atoms with E-state index in [1.165, 1.54) is 11.1 Å². The van der Waals surface area contributed by atoms with Crippen LogP contribution in [0.25, 0.3) is 21.3 Å². The fourth-order valence-electron chi connectivity index (χ4n) is 3.26. The summed E-state index contributed by atoms with van der Waals surface area (Å²) in [5.74, 6) is 1.46. The van der Waals surface area contributed by atoms with Crippen LogP contribution >= 0.6 is 11.3 Å². The highest BCUT2D eigenvalue weighted by Gasteiger charge is 2.23. The van der Waals surface area contributed by atoms with E-state index >= 15 is 0 Å². The molecule has 0 saturated carbocycles. The van der Waals surface area contributed by atoms with E-state index in [4.69, 9.17) is 0 Å². The number of rotatable bonds is 3. The summed E-state index contributed by atoms with van der Waals surface area (Å²) in [6.07, 6.45) is 3.71. The van der Waals surface area contributed by atoms with Gasteiger partial charge in [-0.2, -0.15) is 0 Å². The topological polar surface area (TPSA) is 49.2 Å². The molecular formula is C18H19N3OS. The molecule has 118 valence electrons. The van der Waals surface area contributed by atoms with E-state index in [1.54, 1.807) is 17.7 Å². The summed E-state index contributed by atoms with van der Waals surface area (Å²) < 4.78 is 0. The largest absolute Gasteiger partial charge is 0.396 e. The van der Waals surface area contributed by atoms with Gasteiger partial charge in [0.1, 0.15) is 17.0 Å². The van der Waals surface area contributed by atoms with Crippen molar-refractivity contribution in [3.63, 3.8) is 0 Å². The highest BCUT2D eigenvalue weighted by molar-refractivity contribution is 7.17. The molecule has 1 aliphatic heterocycles. The summed E-state index contributed by atoms with van der Waals surface area (Å²) in [5.41, 5.74) is 2.42. The van der Waals surface area contributed by atoms with Gasteiger partial charge in [0.05, 0.1) is 5.39 Å². The maximum atomic E-state index is 9.34. The van der Waals surface area contributed by atoms with Gasteiger partial charge >= 0.3 is 0 Å². The average Bonchev–Trinajstić information content (AvgIpc) is 3.07. The molecule has 3 heterocycles. The monoisotopic (exact) mass is 325 g/mol. The number of thiophene rings is 1. The van der Waals surface area contributed by atoms with Crippen molar-refractivity contribution in [2.45, 2.75) is 12.8 Å². The fraction of sp³-hybridized carbons (Fsp3) is 0.333. The second kappa shape index (κ2) is 6.26. The van der Waals surface area contributed by atoms with E-state index in [-0.39, 0.29) is 0 Å². The molecule has 0 bridgehead atoms. The lowest BCUT2D eigenvalue weighted by Gasteiger charge is -2.32. The number of hydrogen-bond donors (Lipinski definition) is 1. The molecule has 1 aromatic carbocycles. The number of aliphatic hydroxyl groups excluding tert-OH is 1. The number of nitrogens with zero attached hydrogens (tertiary/aromatic N) is 3. The normalized spacial score (nSPS) is 16.1. The maximum absolute atomic E-state index is 9.34. The molecule has 0 atom stereocenters. The Balaban J connectivity index is 1.77. The number of aliphatic hydroxyl groups is 1. The molecule has 4 nitrogen and oxygen atoms in total. The Morgan fingerprint density at radius 2 is 1.91 bits per heavy atom. The molecule has 0 spiro atoms. The molecule has 2 aromatic heterocycles. The Bertz CT molecular complexity index is 794. The second-order valence-electron chi connectivity index (χ2n) is 6.01. The summed E-state index contributed by atoms with van der Waals surface area (Å²) >= 11 is 1.67. The number of piperidine rings is 1. The Kier molecular flexibility index (Phi) is 3.97. The third-order valence-electron chi connectivity index (χ3n) is 4.61. The first kappa shape index (κ1) is 14.6. The van der Waals surface area contributed by atoms with Gasteiger partial charge in [-0.1, -0.05) is 30.3 Å². The molecule has 23 heavy (non-hydrogen) atoms. The first-order chi connectivity index (χ1) is 11.4. The van der Waals surface area contributed by atoms with Crippen LogP contribution in [-0.2, 0) is 0 Å². The van der Waals surface area contributed by atoms with Gasteiger partial charge in [-0.15, -0.1) is 11.3 Å². The van der Waals surface area contributed by atoms with E-state index in [0.29, 0.717) is 12.5 Å². The fourth-order valence-corrected chi connectivity index (χ4v) is 4.17. The van der Waals surface area contributed by atoms with E-state index in [0.717, 1.165) is 42.0 Å². The van der Waals surface area contributed by atoms with Crippen molar-refractivity contribution in [1.82, 2.24) is 9.97 Å². The summed E-state index contributed by atoms with van der Waals surface area (Å²) in [6.45, 7) is 2.18. The summed E-state index contributed by atoms with van der Waals surface area (Å²) in [6, 6.07) is 10.4. The average molecular weight is 325 g/mol. The molecule has 0 unspecified atom stereocenters. The van der Waals surface area contributed by atoms with E-state index < -0.39 is 0 Å². The number of fused-ring (bicyclic) bond motifs is 1. The zero-order chi connectivity index (χ0) is 15.6. The van der Waals surface area contributed by atoms with Gasteiger partial charge in [-0.3, -0.25) is 0 Å². The Morgan fingerprint density at radius 1 is 1.13 bits per heavy atom. The van der Waals surface area contributed by atoms with E-state index in [1.807, 2.05) is 6.07 Å². The first-order valence-electron chi connectivity index (χ1n) is 8.00. The number of anilines is 1. The van der Waals surface area contributed by atoms with Crippen molar-refractivity contribution in [1.29, 1.82) is 0 Å². The minimum absolute atomic E-state index is 0.292. The van der Waals surface area contributed by atoms with Crippen LogP contribution in [0.2, 0.25) is 0 Å². The molecule has 1 saturated heterocycles. The highest BCUT2D eigenvalue weighted by atomic mass is 32.1. The van der Waals surface area contributed by atoms with Crippen LogP contribution in [0.5, 0.6) is 0 Å². The third-order valence-corrected chi connectivity index (χ3v) is 5.49. The van der Waals surface area contributed by atoms with Crippen LogP contribution in [0, 0.1) is 5.92 Å². The molecule has 1 fully saturated rings. The minimum Gasteiger partial charge on any atom is -0.396 e. The molecule has 0 aliphatic carbocycles. The van der Waals surface area contributed by atoms with Gasteiger partial charge in [0.2, 0.25) is 0 Å². The van der Waals surface area contributed by atoms with Gasteiger partial charge in [0, 0.05) is 30.6 Å². The van der Waals surface area contributed by atoms with Crippen LogP contribution in [0.1, 0.15) is 12.8 Å². The van der Waals surface area contributed by atoms with Crippen molar-refractivity contribution >= 4 is 27.4 Å². The van der Waals surface area contributed by atoms with Gasteiger partial charge in [-0.25, -0.2) is 9.97 Å². The SMILES string of the molecule is OCC1CCN(c2ncnc3scc(-c4ccccc4)c23)CC1. The van der Waals surface area contributed by atoms with Crippen LogP contribution in [0.4, 0.5) is 5.82 Å². The van der Waals surface area contributed by atoms with Crippen LogP contribution in [0.3, 0.4) is 0 Å². The van der Waals surface area contributed by atoms with Crippen molar-refractivity contribution in [2.24, 2.45) is 5.92 Å². The predicted molar refractivity (Wildman–Crippen MR) is 94.9 cm³/mol. The lowest BCUT2D eigenvalue weighted by molar-refractivity contribution is 0.203. The molecule has 5 heteroatoms. The minimum atomic E-state index is 0.292. The van der Waals surface area contributed by atoms with E-state index in [2.05, 4.69) is 44.5 Å². The highest BCUT2D eigenvalue weighted by Crippen LogP contribution is 2.38. The first-order valence-corrected chi connectivity index (χ1v) is 8.88. The summed E-state index contributed by atoms with van der Waals surface area (Å²) in [4.78, 5) is 12.4.